The number of nitrogens with one attached hydrogen (secondary N) is 1. The summed E-state index contributed by atoms with van der Waals surface area (Å²) in [6, 6.07) is -0.201. The Bertz CT molecular complexity index is 588. The maximum atomic E-state index is 12.5. The number of rotatable bonds is 7. The van der Waals surface area contributed by atoms with E-state index >= 15 is 0 Å². The first-order valence-electron chi connectivity index (χ1n) is 7.17. The molecule has 0 saturated carbocycles. The van der Waals surface area contributed by atoms with Crippen LogP contribution in [0.5, 0.6) is 0 Å². The van der Waals surface area contributed by atoms with Crippen molar-refractivity contribution in [2.24, 2.45) is 0 Å². The van der Waals surface area contributed by atoms with E-state index in [1.54, 1.807) is 18.7 Å². The first kappa shape index (κ1) is 18.4. The minimum Gasteiger partial charge on any atom is -0.360 e. The molecule has 0 aliphatic heterocycles. The van der Waals surface area contributed by atoms with Crippen molar-refractivity contribution >= 4 is 16.1 Å². The lowest BCUT2D eigenvalue weighted by Crippen LogP contribution is -2.43. The molecule has 1 aromatic heterocycles. The highest BCUT2D eigenvalue weighted by Gasteiger charge is 2.28. The van der Waals surface area contributed by atoms with Crippen LogP contribution in [0.15, 0.2) is 9.42 Å². The normalized spacial score (nSPS) is 11.7. The number of urea groups is 1. The Balaban J connectivity index is 2.66. The average Bonchev–Trinajstić information content (AvgIpc) is 2.79. The van der Waals surface area contributed by atoms with Gasteiger partial charge in [-0.05, 0) is 27.7 Å². The highest BCUT2D eigenvalue weighted by molar-refractivity contribution is 7.89. The number of carbonyl (C=O) groups is 1. The zero-order chi connectivity index (χ0) is 16.9. The van der Waals surface area contributed by atoms with E-state index in [1.807, 2.05) is 13.8 Å². The molecule has 0 atom stereocenters. The molecule has 0 radical (unpaired) electrons. The van der Waals surface area contributed by atoms with Crippen molar-refractivity contribution in [2.45, 2.75) is 32.6 Å². The van der Waals surface area contributed by atoms with Crippen LogP contribution >= 0.6 is 0 Å². The van der Waals surface area contributed by atoms with Gasteiger partial charge in [0.15, 0.2) is 5.76 Å². The number of aryl methyl sites for hydroxylation is 2. The third-order valence-electron chi connectivity index (χ3n) is 3.39. The fourth-order valence-corrected chi connectivity index (χ4v) is 3.52. The number of hydrogen-bond acceptors (Lipinski definition) is 5. The third kappa shape index (κ3) is 3.98. The van der Waals surface area contributed by atoms with Crippen molar-refractivity contribution < 1.29 is 17.7 Å². The van der Waals surface area contributed by atoms with Gasteiger partial charge in [0, 0.05) is 33.2 Å². The molecule has 1 aromatic rings. The lowest BCUT2D eigenvalue weighted by atomic mass is 10.4. The van der Waals surface area contributed by atoms with E-state index in [9.17, 15) is 13.2 Å². The van der Waals surface area contributed by atoms with Crippen LogP contribution in [0.1, 0.15) is 25.3 Å². The second-order valence-electron chi connectivity index (χ2n) is 4.88. The maximum Gasteiger partial charge on any atom is 0.317 e. The number of sulfonamides is 1. The number of aromatic nitrogens is 1. The molecule has 1 rings (SSSR count). The Morgan fingerprint density at radius 2 is 1.86 bits per heavy atom. The number of likely N-dealkylation sites (N-methyl/N-ethyl adjacent to an activating group) is 1. The zero-order valence-corrected chi connectivity index (χ0v) is 14.5. The monoisotopic (exact) mass is 332 g/mol. The number of carbonyl (C=O) groups excluding carboxylic acids is 1. The minimum atomic E-state index is -3.67. The lowest BCUT2D eigenvalue weighted by molar-refractivity contribution is 0.202. The van der Waals surface area contributed by atoms with E-state index < -0.39 is 10.0 Å². The summed E-state index contributed by atoms with van der Waals surface area (Å²) < 4.78 is 31.0. The third-order valence-corrected chi connectivity index (χ3v) is 5.49. The Morgan fingerprint density at radius 1 is 1.27 bits per heavy atom. The minimum absolute atomic E-state index is 0.0880. The summed E-state index contributed by atoms with van der Waals surface area (Å²) >= 11 is 0. The largest absolute Gasteiger partial charge is 0.360 e. The molecule has 0 bridgehead atoms. The van der Waals surface area contributed by atoms with Crippen molar-refractivity contribution in [3.8, 4) is 0 Å². The predicted octanol–water partition coefficient (Wildman–Crippen LogP) is 0.963. The van der Waals surface area contributed by atoms with Crippen molar-refractivity contribution in [1.82, 2.24) is 19.7 Å². The second-order valence-corrected chi connectivity index (χ2v) is 6.87. The van der Waals surface area contributed by atoms with Crippen LogP contribution in [0.2, 0.25) is 0 Å². The molecule has 1 N–H and O–H groups in total. The molecule has 0 saturated heterocycles. The van der Waals surface area contributed by atoms with Gasteiger partial charge < -0.3 is 14.7 Å². The smallest absolute Gasteiger partial charge is 0.317 e. The number of nitrogens with zero attached hydrogens (tertiary/aromatic N) is 3. The summed E-state index contributed by atoms with van der Waals surface area (Å²) in [5.41, 5.74) is 0.330. The standard InChI is InChI=1S/C13H24N4O4S/c1-6-17(7-2)13(18)14-8-9-16(5)22(19,20)12-10(3)15-21-11(12)4/h6-9H2,1-5H3,(H,14,18). The second kappa shape index (κ2) is 7.59. The van der Waals surface area contributed by atoms with Gasteiger partial charge in [-0.15, -0.1) is 0 Å². The molecular weight excluding hydrogens is 308 g/mol. The van der Waals surface area contributed by atoms with Gasteiger partial charge in [-0.1, -0.05) is 5.16 Å². The number of amides is 2. The lowest BCUT2D eigenvalue weighted by Gasteiger charge is -2.21. The van der Waals surface area contributed by atoms with Crippen molar-refractivity contribution in [1.29, 1.82) is 0 Å². The van der Waals surface area contributed by atoms with Crippen LogP contribution in [0.4, 0.5) is 4.79 Å². The molecule has 0 spiro atoms. The molecule has 0 unspecified atom stereocenters. The molecule has 0 aliphatic rings. The van der Waals surface area contributed by atoms with Crippen LogP contribution in [-0.2, 0) is 10.0 Å². The zero-order valence-electron chi connectivity index (χ0n) is 13.7. The molecular formula is C13H24N4O4S. The Morgan fingerprint density at radius 3 is 2.32 bits per heavy atom. The van der Waals surface area contributed by atoms with Crippen molar-refractivity contribution in [3.05, 3.63) is 11.5 Å². The van der Waals surface area contributed by atoms with Gasteiger partial charge in [0.1, 0.15) is 10.6 Å². The van der Waals surface area contributed by atoms with Crippen molar-refractivity contribution in [3.63, 3.8) is 0 Å². The SMILES string of the molecule is CCN(CC)C(=O)NCCN(C)S(=O)(=O)c1c(C)noc1C. The Kier molecular flexibility index (Phi) is 6.36. The Hall–Kier alpha value is -1.61. The van der Waals surface area contributed by atoms with Gasteiger partial charge in [-0.2, -0.15) is 4.31 Å². The number of hydrogen-bond donors (Lipinski definition) is 1. The Labute approximate surface area is 131 Å². The van der Waals surface area contributed by atoms with Gasteiger partial charge in [-0.3, -0.25) is 0 Å². The van der Waals surface area contributed by atoms with Crippen LogP contribution in [0.3, 0.4) is 0 Å². The van der Waals surface area contributed by atoms with Gasteiger partial charge >= 0.3 is 6.03 Å². The van der Waals surface area contributed by atoms with Crippen LogP contribution < -0.4 is 5.32 Å². The molecule has 8 nitrogen and oxygen atoms in total. The van der Waals surface area contributed by atoms with E-state index in [2.05, 4.69) is 10.5 Å². The van der Waals surface area contributed by atoms with E-state index in [-0.39, 0.29) is 29.8 Å². The first-order valence-corrected chi connectivity index (χ1v) is 8.61. The molecule has 0 aliphatic carbocycles. The van der Waals surface area contributed by atoms with Crippen LogP contribution in [0, 0.1) is 13.8 Å². The molecule has 1 heterocycles. The summed E-state index contributed by atoms with van der Waals surface area (Å²) in [5.74, 6) is 0.261. The van der Waals surface area contributed by atoms with Gasteiger partial charge in [-0.25, -0.2) is 13.2 Å². The quantitative estimate of drug-likeness (QED) is 0.802. The van der Waals surface area contributed by atoms with E-state index in [0.29, 0.717) is 18.8 Å². The first-order chi connectivity index (χ1) is 10.3. The topological polar surface area (TPSA) is 95.8 Å². The molecule has 0 aromatic carbocycles. The van der Waals surface area contributed by atoms with E-state index in [0.717, 1.165) is 0 Å². The summed E-state index contributed by atoms with van der Waals surface area (Å²) in [4.78, 5) is 13.5. The fraction of sp³-hybridized carbons (Fsp3) is 0.692. The van der Waals surface area contributed by atoms with Crippen LogP contribution in [-0.4, -0.2) is 62.0 Å². The van der Waals surface area contributed by atoms with Gasteiger partial charge in [0.25, 0.3) is 0 Å². The van der Waals surface area contributed by atoms with E-state index in [4.69, 9.17) is 4.52 Å². The maximum absolute atomic E-state index is 12.5. The molecule has 22 heavy (non-hydrogen) atoms. The average molecular weight is 332 g/mol. The van der Waals surface area contributed by atoms with E-state index in [1.165, 1.54) is 11.4 Å². The highest BCUT2D eigenvalue weighted by atomic mass is 32.2. The van der Waals surface area contributed by atoms with Crippen molar-refractivity contribution in [2.75, 3.05) is 33.2 Å². The summed E-state index contributed by atoms with van der Waals surface area (Å²) in [5, 5.41) is 6.37. The molecule has 9 heteroatoms. The van der Waals surface area contributed by atoms with Crippen LogP contribution in [0.25, 0.3) is 0 Å². The summed E-state index contributed by atoms with van der Waals surface area (Å²) in [6.07, 6.45) is 0. The molecule has 126 valence electrons. The predicted molar refractivity (Wildman–Crippen MR) is 82.1 cm³/mol. The fourth-order valence-electron chi connectivity index (χ4n) is 2.06. The highest BCUT2D eigenvalue weighted by Crippen LogP contribution is 2.21. The summed E-state index contributed by atoms with van der Waals surface area (Å²) in [6.45, 7) is 8.52. The van der Waals surface area contributed by atoms with Gasteiger partial charge in [0.05, 0.1) is 0 Å². The van der Waals surface area contributed by atoms with Gasteiger partial charge in [0.2, 0.25) is 10.0 Å². The summed E-state index contributed by atoms with van der Waals surface area (Å²) in [7, 11) is -2.21. The molecule has 2 amide bonds. The molecule has 0 fully saturated rings.